The molecule has 2 aromatic carbocycles. The summed E-state index contributed by atoms with van der Waals surface area (Å²) in [5.41, 5.74) is -4.85. The van der Waals surface area contributed by atoms with E-state index in [9.17, 15) is 44.7 Å². The fraction of sp³-hybridized carbons (Fsp3) is 0.176. The fourth-order valence-corrected chi connectivity index (χ4v) is 3.08. The van der Waals surface area contributed by atoms with E-state index >= 15 is 0 Å². The largest absolute Gasteiger partial charge is 0.858 e. The monoisotopic (exact) mass is 454 g/mol. The second-order valence-electron chi connectivity index (χ2n) is 5.68. The van der Waals surface area contributed by atoms with E-state index in [2.05, 4.69) is 9.13 Å². The van der Waals surface area contributed by atoms with Crippen molar-refractivity contribution in [3.05, 3.63) is 64.7 Å². The lowest BCUT2D eigenvalue weighted by Crippen LogP contribution is -2.23. The number of methoxy groups -OCH3 is 1. The highest BCUT2D eigenvalue weighted by Crippen LogP contribution is 2.36. The molecule has 0 bridgehead atoms. The summed E-state index contributed by atoms with van der Waals surface area (Å²) in [6, 6.07) is 3.69. The van der Waals surface area contributed by atoms with Crippen LogP contribution in [-0.4, -0.2) is 27.4 Å². The highest BCUT2D eigenvalue weighted by Gasteiger charge is 2.37. The first-order valence-electron chi connectivity index (χ1n) is 7.65. The van der Waals surface area contributed by atoms with Crippen molar-refractivity contribution in [1.82, 2.24) is 0 Å². The van der Waals surface area contributed by atoms with Crippen molar-refractivity contribution in [3.8, 4) is 0 Å². The van der Waals surface area contributed by atoms with Crippen LogP contribution in [0.4, 0.5) is 26.3 Å². The zero-order valence-corrected chi connectivity index (χ0v) is 15.5. The number of alkyl halides is 6. The maximum absolute atomic E-state index is 12.9. The van der Waals surface area contributed by atoms with Crippen molar-refractivity contribution in [2.75, 3.05) is 7.11 Å². The first-order valence-corrected chi connectivity index (χ1v) is 9.09. The number of hydrogen-bond donors (Lipinski definition) is 0. The number of sulfonamides is 1. The Kier molecular flexibility index (Phi) is 6.16. The quantitative estimate of drug-likeness (QED) is 0.306. The van der Waals surface area contributed by atoms with Gasteiger partial charge in [0.05, 0.1) is 28.7 Å². The molecule has 0 aliphatic rings. The Hall–Kier alpha value is -3.09. The van der Waals surface area contributed by atoms with E-state index in [0.717, 1.165) is 31.4 Å². The minimum absolute atomic E-state index is 0.0459. The van der Waals surface area contributed by atoms with Gasteiger partial charge in [-0.15, -0.1) is 0 Å². The molecule has 2 rings (SSSR count). The van der Waals surface area contributed by atoms with Gasteiger partial charge in [-0.1, -0.05) is 0 Å². The summed E-state index contributed by atoms with van der Waals surface area (Å²) in [6.07, 6.45) is -10.4. The Morgan fingerprint density at radius 1 is 0.900 bits per heavy atom. The van der Waals surface area contributed by atoms with Crippen molar-refractivity contribution in [2.45, 2.75) is 17.2 Å². The molecule has 0 saturated heterocycles. The highest BCUT2D eigenvalue weighted by atomic mass is 32.2. The van der Waals surface area contributed by atoms with Gasteiger partial charge < -0.3 is 9.84 Å². The number of carbonyl (C=O) groups is 1. The molecular formula is C17H10F6NO5S-. The number of esters is 1. The zero-order chi connectivity index (χ0) is 22.9. The van der Waals surface area contributed by atoms with Gasteiger partial charge in [0.1, 0.15) is 0 Å². The van der Waals surface area contributed by atoms with E-state index in [-0.39, 0.29) is 23.8 Å². The van der Waals surface area contributed by atoms with Gasteiger partial charge in [0.15, 0.2) is 0 Å². The van der Waals surface area contributed by atoms with Crippen molar-refractivity contribution in [1.29, 1.82) is 0 Å². The average molecular weight is 454 g/mol. The molecule has 0 aliphatic carbocycles. The number of halogens is 6. The maximum atomic E-state index is 12.9. The molecule has 0 atom stereocenters. The standard InChI is InChI=1S/C17H11F6NO5S/c1-29-15(26)9-2-4-13(5-3-9)30(27,28)24-14(25)10-6-11(16(18,19)20)8-12(7-10)17(21,22)23/h2-8H,1H3,(H,24,25)/p-1. The molecule has 6 nitrogen and oxygen atoms in total. The minimum Gasteiger partial charge on any atom is -0.858 e. The van der Waals surface area contributed by atoms with Gasteiger partial charge in [-0.25, -0.2) is 4.79 Å². The van der Waals surface area contributed by atoms with E-state index in [1.54, 1.807) is 0 Å². The van der Waals surface area contributed by atoms with E-state index in [4.69, 9.17) is 0 Å². The molecule has 30 heavy (non-hydrogen) atoms. The third kappa shape index (κ3) is 5.28. The summed E-state index contributed by atoms with van der Waals surface area (Å²) in [5, 5.41) is 12.1. The van der Waals surface area contributed by atoms with Gasteiger partial charge in [-0.2, -0.15) is 39.2 Å². The molecule has 0 amide bonds. The second kappa shape index (κ2) is 7.97. The Bertz CT molecular complexity index is 1060. The number of benzene rings is 2. The van der Waals surface area contributed by atoms with Crippen molar-refractivity contribution < 1.29 is 49.4 Å². The molecule has 2 aromatic rings. The Morgan fingerprint density at radius 3 is 1.77 bits per heavy atom. The summed E-state index contributed by atoms with van der Waals surface area (Å²) in [6.45, 7) is 0. The Morgan fingerprint density at radius 2 is 1.37 bits per heavy atom. The van der Waals surface area contributed by atoms with Crippen molar-refractivity contribution >= 4 is 21.9 Å². The predicted molar refractivity (Wildman–Crippen MR) is 88.0 cm³/mol. The molecule has 13 heteroatoms. The van der Waals surface area contributed by atoms with Crippen LogP contribution in [0.3, 0.4) is 0 Å². The molecule has 0 aromatic heterocycles. The third-order valence-electron chi connectivity index (χ3n) is 3.61. The van der Waals surface area contributed by atoms with Gasteiger partial charge in [-0.05, 0) is 48.0 Å². The van der Waals surface area contributed by atoms with Crippen LogP contribution in [0.2, 0.25) is 0 Å². The summed E-state index contributed by atoms with van der Waals surface area (Å²) in [4.78, 5) is 10.7. The SMILES string of the molecule is COC(=O)c1ccc(S(=O)(=O)/N=C(\[O-])c2cc(C(F)(F)F)cc(C(F)(F)F)c2)cc1. The molecule has 0 fully saturated rings. The number of ether oxygens (including phenoxy) is 1. The average Bonchev–Trinajstić information content (AvgIpc) is 2.65. The van der Waals surface area contributed by atoms with Crippen molar-refractivity contribution in [2.24, 2.45) is 4.40 Å². The molecule has 0 heterocycles. The smallest absolute Gasteiger partial charge is 0.416 e. The number of carbonyl (C=O) groups excluding carboxylic acids is 1. The van der Waals surface area contributed by atoms with Crippen LogP contribution in [0.25, 0.3) is 0 Å². The highest BCUT2D eigenvalue weighted by molar-refractivity contribution is 7.90. The molecule has 0 unspecified atom stereocenters. The number of nitrogens with zero attached hydrogens (tertiary/aromatic N) is 1. The van der Waals surface area contributed by atoms with Crippen LogP contribution in [-0.2, 0) is 27.1 Å². The fourth-order valence-electron chi connectivity index (χ4n) is 2.17. The lowest BCUT2D eigenvalue weighted by molar-refractivity contribution is -0.212. The molecule has 0 spiro atoms. The lowest BCUT2D eigenvalue weighted by Gasteiger charge is -2.17. The topological polar surface area (TPSA) is 95.9 Å². The first-order chi connectivity index (χ1) is 13.6. The minimum atomic E-state index is -5.22. The van der Waals surface area contributed by atoms with Gasteiger partial charge in [0.25, 0.3) is 10.0 Å². The van der Waals surface area contributed by atoms with Crippen LogP contribution < -0.4 is 5.11 Å². The Balaban J connectivity index is 2.52. The summed E-state index contributed by atoms with van der Waals surface area (Å²) in [7, 11) is -3.72. The van der Waals surface area contributed by atoms with E-state index < -0.39 is 55.8 Å². The van der Waals surface area contributed by atoms with E-state index in [0.29, 0.717) is 0 Å². The van der Waals surface area contributed by atoms with E-state index in [1.807, 2.05) is 0 Å². The molecular weight excluding hydrogens is 444 g/mol. The van der Waals surface area contributed by atoms with Gasteiger partial charge >= 0.3 is 18.3 Å². The maximum Gasteiger partial charge on any atom is 0.416 e. The number of rotatable bonds is 4. The lowest BCUT2D eigenvalue weighted by atomic mass is 10.0. The van der Waals surface area contributed by atoms with Gasteiger partial charge in [0.2, 0.25) is 0 Å². The molecule has 162 valence electrons. The molecule has 0 saturated carbocycles. The van der Waals surface area contributed by atoms with Crippen LogP contribution >= 0.6 is 0 Å². The van der Waals surface area contributed by atoms with Crippen molar-refractivity contribution in [3.63, 3.8) is 0 Å². The van der Waals surface area contributed by atoms with Gasteiger partial charge in [0, 0.05) is 5.90 Å². The summed E-state index contributed by atoms with van der Waals surface area (Å²) >= 11 is 0. The van der Waals surface area contributed by atoms with Gasteiger partial charge in [-0.3, -0.25) is 0 Å². The van der Waals surface area contributed by atoms with Crippen LogP contribution in [0, 0.1) is 0 Å². The zero-order valence-electron chi connectivity index (χ0n) is 14.7. The molecule has 0 radical (unpaired) electrons. The van der Waals surface area contributed by atoms with Crippen LogP contribution in [0.5, 0.6) is 0 Å². The molecule has 0 aliphatic heterocycles. The third-order valence-corrected chi connectivity index (χ3v) is 4.89. The van der Waals surface area contributed by atoms with Crippen LogP contribution in [0.15, 0.2) is 51.8 Å². The van der Waals surface area contributed by atoms with Crippen LogP contribution in [0.1, 0.15) is 27.0 Å². The summed E-state index contributed by atoms with van der Waals surface area (Å²) < 4.78 is 109. The Labute approximate surface area is 165 Å². The summed E-state index contributed by atoms with van der Waals surface area (Å²) in [5.74, 6) is -2.63. The predicted octanol–water partition coefficient (Wildman–Crippen LogP) is 3.01. The normalized spacial score (nSPS) is 13.2. The molecule has 0 N–H and O–H groups in total. The first kappa shape index (κ1) is 23.2. The number of hydrogen-bond acceptors (Lipinski definition) is 5. The second-order valence-corrected chi connectivity index (χ2v) is 7.29. The van der Waals surface area contributed by atoms with E-state index in [1.165, 1.54) is 0 Å².